The first-order valence-electron chi connectivity index (χ1n) is 7.69. The van der Waals surface area contributed by atoms with E-state index in [0.717, 1.165) is 17.0 Å². The summed E-state index contributed by atoms with van der Waals surface area (Å²) in [5, 5.41) is 9.14. The molecule has 1 aliphatic heterocycles. The number of rotatable bonds is 2. The molecular formula is C19H21NO3. The van der Waals surface area contributed by atoms with Crippen LogP contribution >= 0.6 is 0 Å². The molecule has 0 bridgehead atoms. The van der Waals surface area contributed by atoms with Gasteiger partial charge in [-0.15, -0.1) is 0 Å². The smallest absolute Gasteiger partial charge is 0.335 e. The van der Waals surface area contributed by atoms with Crippen LogP contribution in [0.4, 0.5) is 5.69 Å². The topological polar surface area (TPSA) is 49.8 Å². The average molecular weight is 311 g/mol. The van der Waals surface area contributed by atoms with Crippen LogP contribution in [0.5, 0.6) is 5.75 Å². The number of carboxylic acid groups (broad SMARTS) is 1. The third-order valence-electron chi connectivity index (χ3n) is 4.12. The molecule has 2 aromatic carbocycles. The van der Waals surface area contributed by atoms with Crippen LogP contribution in [0.15, 0.2) is 42.5 Å². The van der Waals surface area contributed by atoms with E-state index in [0.29, 0.717) is 13.3 Å². The molecule has 0 aliphatic carbocycles. The summed E-state index contributed by atoms with van der Waals surface area (Å²) in [4.78, 5) is 13.2. The summed E-state index contributed by atoms with van der Waals surface area (Å²) in [6.07, 6.45) is 0. The first kappa shape index (κ1) is 15.4. The predicted molar refractivity (Wildman–Crippen MR) is 90.2 cm³/mol. The predicted octanol–water partition coefficient (Wildman–Crippen LogP) is 4.04. The molecule has 0 unspecified atom stereocenters. The van der Waals surface area contributed by atoms with Crippen LogP contribution in [0.1, 0.15) is 42.3 Å². The average Bonchev–Trinajstić information content (AvgIpc) is 2.53. The number of nitrogens with zero attached hydrogens (tertiary/aromatic N) is 1. The van der Waals surface area contributed by atoms with Gasteiger partial charge >= 0.3 is 5.97 Å². The fourth-order valence-corrected chi connectivity index (χ4v) is 2.71. The second kappa shape index (κ2) is 5.61. The Morgan fingerprint density at radius 1 is 1.17 bits per heavy atom. The Labute approximate surface area is 136 Å². The summed E-state index contributed by atoms with van der Waals surface area (Å²) < 4.78 is 5.84. The molecular weight excluding hydrogens is 290 g/mol. The SMILES string of the molecule is CC(C)(C)c1ccc2c(c1)CN(c1cccc(C(=O)O)c1)CO2. The Balaban J connectivity index is 1.90. The summed E-state index contributed by atoms with van der Waals surface area (Å²) in [6, 6.07) is 13.3. The maximum atomic E-state index is 11.1. The van der Waals surface area contributed by atoms with E-state index in [-0.39, 0.29) is 11.0 Å². The number of fused-ring (bicyclic) bond motifs is 1. The Morgan fingerprint density at radius 2 is 1.96 bits per heavy atom. The lowest BCUT2D eigenvalue weighted by atomic mass is 9.86. The lowest BCUT2D eigenvalue weighted by molar-refractivity contribution is 0.0697. The molecule has 4 nitrogen and oxygen atoms in total. The van der Waals surface area contributed by atoms with Gasteiger partial charge in [0, 0.05) is 17.8 Å². The quantitative estimate of drug-likeness (QED) is 0.909. The van der Waals surface area contributed by atoms with Gasteiger partial charge in [-0.05, 0) is 41.3 Å². The van der Waals surface area contributed by atoms with Crippen LogP contribution in [-0.2, 0) is 12.0 Å². The molecule has 0 fully saturated rings. The van der Waals surface area contributed by atoms with Gasteiger partial charge in [-0.2, -0.15) is 0 Å². The van der Waals surface area contributed by atoms with Crippen molar-refractivity contribution in [3.8, 4) is 5.75 Å². The molecule has 1 N–H and O–H groups in total. The molecule has 0 aromatic heterocycles. The van der Waals surface area contributed by atoms with Gasteiger partial charge in [0.25, 0.3) is 0 Å². The Kier molecular flexibility index (Phi) is 3.76. The highest BCUT2D eigenvalue weighted by molar-refractivity contribution is 5.88. The van der Waals surface area contributed by atoms with E-state index in [1.807, 2.05) is 17.0 Å². The maximum Gasteiger partial charge on any atom is 0.335 e. The lowest BCUT2D eigenvalue weighted by Crippen LogP contribution is -2.32. The van der Waals surface area contributed by atoms with Crippen LogP contribution in [-0.4, -0.2) is 17.8 Å². The molecule has 0 saturated heterocycles. The Bertz CT molecular complexity index is 747. The molecule has 1 aliphatic rings. The number of anilines is 1. The standard InChI is InChI=1S/C19H21NO3/c1-19(2,3)15-7-8-17-14(9-15)11-20(12-23-17)16-6-4-5-13(10-16)18(21)22/h4-10H,11-12H2,1-3H3,(H,21,22). The molecule has 120 valence electrons. The summed E-state index contributed by atoms with van der Waals surface area (Å²) in [7, 11) is 0. The summed E-state index contributed by atoms with van der Waals surface area (Å²) in [6.45, 7) is 7.69. The van der Waals surface area contributed by atoms with Gasteiger partial charge in [0.15, 0.2) is 6.73 Å². The van der Waals surface area contributed by atoms with E-state index >= 15 is 0 Å². The van der Waals surface area contributed by atoms with Crippen molar-refractivity contribution in [2.75, 3.05) is 11.6 Å². The number of ether oxygens (including phenoxy) is 1. The zero-order valence-corrected chi connectivity index (χ0v) is 13.7. The fourth-order valence-electron chi connectivity index (χ4n) is 2.71. The molecule has 0 spiro atoms. The zero-order chi connectivity index (χ0) is 16.6. The summed E-state index contributed by atoms with van der Waals surface area (Å²) in [5.74, 6) is -0.0103. The van der Waals surface area contributed by atoms with Gasteiger partial charge in [-0.1, -0.05) is 32.9 Å². The number of aromatic carboxylic acids is 1. The minimum Gasteiger partial charge on any atom is -0.478 e. The highest BCUT2D eigenvalue weighted by atomic mass is 16.5. The van der Waals surface area contributed by atoms with Crippen molar-refractivity contribution in [1.29, 1.82) is 0 Å². The maximum absolute atomic E-state index is 11.1. The Morgan fingerprint density at radius 3 is 2.65 bits per heavy atom. The first-order chi connectivity index (χ1) is 10.8. The molecule has 0 saturated carbocycles. The second-order valence-corrected chi connectivity index (χ2v) is 6.90. The van der Waals surface area contributed by atoms with Crippen molar-refractivity contribution in [1.82, 2.24) is 0 Å². The zero-order valence-electron chi connectivity index (χ0n) is 13.7. The van der Waals surface area contributed by atoms with Crippen molar-refractivity contribution in [2.24, 2.45) is 0 Å². The molecule has 23 heavy (non-hydrogen) atoms. The second-order valence-electron chi connectivity index (χ2n) is 6.90. The van der Waals surface area contributed by atoms with Gasteiger partial charge in [0.05, 0.1) is 5.56 Å². The Hall–Kier alpha value is -2.49. The number of benzene rings is 2. The van der Waals surface area contributed by atoms with Crippen molar-refractivity contribution in [3.05, 3.63) is 59.2 Å². The fraction of sp³-hybridized carbons (Fsp3) is 0.316. The summed E-state index contributed by atoms with van der Waals surface area (Å²) >= 11 is 0. The highest BCUT2D eigenvalue weighted by Crippen LogP contribution is 2.32. The van der Waals surface area contributed by atoms with Crippen molar-refractivity contribution < 1.29 is 14.6 Å². The molecule has 2 aromatic rings. The number of hydrogen-bond donors (Lipinski definition) is 1. The molecule has 0 radical (unpaired) electrons. The number of hydrogen-bond acceptors (Lipinski definition) is 3. The largest absolute Gasteiger partial charge is 0.478 e. The number of carbonyl (C=O) groups is 1. The van der Waals surface area contributed by atoms with Crippen LogP contribution in [0, 0.1) is 0 Å². The van der Waals surface area contributed by atoms with Crippen molar-refractivity contribution in [3.63, 3.8) is 0 Å². The van der Waals surface area contributed by atoms with Crippen LogP contribution in [0.3, 0.4) is 0 Å². The lowest BCUT2D eigenvalue weighted by Gasteiger charge is -2.32. The van der Waals surface area contributed by atoms with E-state index in [2.05, 4.69) is 32.9 Å². The van der Waals surface area contributed by atoms with Crippen molar-refractivity contribution >= 4 is 11.7 Å². The van der Waals surface area contributed by atoms with E-state index in [9.17, 15) is 4.79 Å². The van der Waals surface area contributed by atoms with Crippen molar-refractivity contribution in [2.45, 2.75) is 32.7 Å². The van der Waals surface area contributed by atoms with Gasteiger partial charge < -0.3 is 14.7 Å². The van der Waals surface area contributed by atoms with E-state index in [4.69, 9.17) is 9.84 Å². The normalized spacial score (nSPS) is 14.1. The van der Waals surface area contributed by atoms with E-state index < -0.39 is 5.97 Å². The van der Waals surface area contributed by atoms with E-state index in [1.165, 1.54) is 5.56 Å². The van der Waals surface area contributed by atoms with E-state index in [1.54, 1.807) is 18.2 Å². The van der Waals surface area contributed by atoms with Gasteiger partial charge in [0.2, 0.25) is 0 Å². The van der Waals surface area contributed by atoms with Gasteiger partial charge in [-0.25, -0.2) is 4.79 Å². The van der Waals surface area contributed by atoms with Gasteiger partial charge in [0.1, 0.15) is 5.75 Å². The van der Waals surface area contributed by atoms with Gasteiger partial charge in [-0.3, -0.25) is 0 Å². The molecule has 0 atom stereocenters. The minimum absolute atomic E-state index is 0.0839. The molecule has 3 rings (SSSR count). The number of carboxylic acids is 1. The third kappa shape index (κ3) is 3.16. The van der Waals surface area contributed by atoms with Crippen LogP contribution in [0.25, 0.3) is 0 Å². The molecule has 4 heteroatoms. The van der Waals surface area contributed by atoms with Crippen LogP contribution < -0.4 is 9.64 Å². The third-order valence-corrected chi connectivity index (χ3v) is 4.12. The highest BCUT2D eigenvalue weighted by Gasteiger charge is 2.21. The van der Waals surface area contributed by atoms with Crippen LogP contribution in [0.2, 0.25) is 0 Å². The minimum atomic E-state index is -0.916. The summed E-state index contributed by atoms with van der Waals surface area (Å²) in [5.41, 5.74) is 3.62. The molecule has 1 heterocycles. The first-order valence-corrected chi connectivity index (χ1v) is 7.69. The monoisotopic (exact) mass is 311 g/mol. The molecule has 0 amide bonds.